The molecule has 6 heteroatoms. The topological polar surface area (TPSA) is 37.4 Å². The monoisotopic (exact) mass is 299 g/mol. The Hall–Kier alpha value is -0.750. The highest BCUT2D eigenvalue weighted by molar-refractivity contribution is 7.81. The van der Waals surface area contributed by atoms with E-state index in [9.17, 15) is 0 Å². The van der Waals surface area contributed by atoms with Gasteiger partial charge in [0.15, 0.2) is 6.23 Å². The van der Waals surface area contributed by atoms with Gasteiger partial charge in [-0.2, -0.15) is 0 Å². The molecule has 0 radical (unpaired) electrons. The maximum absolute atomic E-state index is 5.98. The molecule has 0 bridgehead atoms. The van der Waals surface area contributed by atoms with Gasteiger partial charge in [0.1, 0.15) is 0 Å². The van der Waals surface area contributed by atoms with Crippen LogP contribution in [0.2, 0.25) is 5.02 Å². The van der Waals surface area contributed by atoms with Crippen LogP contribution in [0, 0.1) is 0 Å². The van der Waals surface area contributed by atoms with Crippen molar-refractivity contribution in [3.63, 3.8) is 0 Å². The van der Waals surface area contributed by atoms with Crippen LogP contribution in [0.3, 0.4) is 0 Å². The van der Waals surface area contributed by atoms with E-state index < -0.39 is 0 Å². The average molecular weight is 300 g/mol. The maximum atomic E-state index is 5.98. The summed E-state index contributed by atoms with van der Waals surface area (Å²) in [5.74, 6) is 0.565. The average Bonchev–Trinajstić information content (AvgIpc) is 2.47. The molecule has 1 aliphatic heterocycles. The second-order valence-electron chi connectivity index (χ2n) is 4.96. The summed E-state index contributed by atoms with van der Waals surface area (Å²) in [6.45, 7) is 2.96. The summed E-state index contributed by atoms with van der Waals surface area (Å²) < 4.78 is 5.91. The fraction of sp³-hybridized carbons (Fsp3) is 0.538. The normalized spacial score (nSPS) is 22.9. The van der Waals surface area contributed by atoms with Crippen LogP contribution in [0.4, 0.5) is 0 Å². The number of nitrogens with zero attached hydrogens (tertiary/aromatic N) is 2. The molecule has 0 spiro atoms. The van der Waals surface area contributed by atoms with Crippen molar-refractivity contribution in [2.24, 2.45) is 0 Å². The molecule has 0 fully saturated rings. The van der Waals surface area contributed by atoms with Crippen LogP contribution >= 0.6 is 23.8 Å². The van der Waals surface area contributed by atoms with Crippen LogP contribution in [0.25, 0.3) is 0 Å². The van der Waals surface area contributed by atoms with Crippen molar-refractivity contribution in [1.29, 1.82) is 0 Å². The molecule has 1 N–H and O–H groups in total. The van der Waals surface area contributed by atoms with E-state index in [-0.39, 0.29) is 12.3 Å². The third-order valence-electron chi connectivity index (χ3n) is 3.00. The Morgan fingerprint density at radius 3 is 2.95 bits per heavy atom. The van der Waals surface area contributed by atoms with Gasteiger partial charge in [0.25, 0.3) is 0 Å². The Balaban J connectivity index is 2.22. The molecule has 2 rings (SSSR count). The number of aromatic nitrogens is 1. The second-order valence-corrected chi connectivity index (χ2v) is 5.83. The van der Waals surface area contributed by atoms with Crippen LogP contribution in [0.15, 0.2) is 12.3 Å². The van der Waals surface area contributed by atoms with Gasteiger partial charge in [0, 0.05) is 30.1 Å². The van der Waals surface area contributed by atoms with E-state index in [1.165, 1.54) is 0 Å². The molecule has 1 aromatic heterocycles. The second kappa shape index (κ2) is 6.13. The van der Waals surface area contributed by atoms with E-state index in [0.29, 0.717) is 10.9 Å². The summed E-state index contributed by atoms with van der Waals surface area (Å²) in [6.07, 6.45) is 2.36. The lowest BCUT2D eigenvalue weighted by Crippen LogP contribution is -2.43. The number of halogens is 1. The quantitative estimate of drug-likeness (QED) is 0.865. The number of hydrogen-bond acceptors (Lipinski definition) is 5. The van der Waals surface area contributed by atoms with Crippen molar-refractivity contribution in [2.45, 2.75) is 25.6 Å². The maximum Gasteiger partial charge on any atom is 0.223 e. The minimum Gasteiger partial charge on any atom is -0.458 e. The van der Waals surface area contributed by atoms with Crippen molar-refractivity contribution in [2.75, 3.05) is 20.6 Å². The fourth-order valence-corrected chi connectivity index (χ4v) is 2.34. The molecule has 104 valence electrons. The Morgan fingerprint density at radius 1 is 1.53 bits per heavy atom. The SMILES string of the molecule is CC1NC(CCN(C)C)Oc2ncc(Cl)cc2C1=S. The zero-order chi connectivity index (χ0) is 14.0. The lowest BCUT2D eigenvalue weighted by atomic mass is 10.1. The van der Waals surface area contributed by atoms with Gasteiger partial charge >= 0.3 is 0 Å². The number of thiocarbonyl (C=S) groups is 1. The van der Waals surface area contributed by atoms with Crippen molar-refractivity contribution in [1.82, 2.24) is 15.2 Å². The Morgan fingerprint density at radius 2 is 2.26 bits per heavy atom. The molecule has 0 saturated heterocycles. The van der Waals surface area contributed by atoms with Gasteiger partial charge in [-0.25, -0.2) is 4.98 Å². The van der Waals surface area contributed by atoms with Crippen LogP contribution in [0.5, 0.6) is 5.88 Å². The van der Waals surface area contributed by atoms with E-state index in [4.69, 9.17) is 28.6 Å². The Kier molecular flexibility index (Phi) is 4.73. The molecule has 1 aliphatic rings. The highest BCUT2D eigenvalue weighted by Gasteiger charge is 2.26. The first-order chi connectivity index (χ1) is 8.97. The molecular formula is C13H18ClN3OS. The van der Waals surface area contributed by atoms with Crippen molar-refractivity contribution in [3.05, 3.63) is 22.8 Å². The molecule has 0 amide bonds. The summed E-state index contributed by atoms with van der Waals surface area (Å²) in [5, 5.41) is 3.95. The van der Waals surface area contributed by atoms with Crippen LogP contribution < -0.4 is 10.1 Å². The number of fused-ring (bicyclic) bond motifs is 1. The predicted molar refractivity (Wildman–Crippen MR) is 81.1 cm³/mol. The predicted octanol–water partition coefficient (Wildman–Crippen LogP) is 2.10. The molecule has 2 heterocycles. The first-order valence-corrected chi connectivity index (χ1v) is 7.03. The van der Waals surface area contributed by atoms with Gasteiger partial charge in [-0.3, -0.25) is 5.32 Å². The molecule has 1 aromatic rings. The third-order valence-corrected chi connectivity index (χ3v) is 3.78. The molecular weight excluding hydrogens is 282 g/mol. The molecule has 4 nitrogen and oxygen atoms in total. The first kappa shape index (κ1) is 14.7. The fourth-order valence-electron chi connectivity index (χ4n) is 1.97. The van der Waals surface area contributed by atoms with E-state index in [2.05, 4.69) is 15.2 Å². The van der Waals surface area contributed by atoms with E-state index in [0.717, 1.165) is 23.4 Å². The summed E-state index contributed by atoms with van der Waals surface area (Å²) >= 11 is 11.4. The minimum atomic E-state index is -0.0923. The summed E-state index contributed by atoms with van der Waals surface area (Å²) in [4.78, 5) is 7.16. The lowest BCUT2D eigenvalue weighted by Gasteiger charge is -2.21. The Bertz CT molecular complexity index is 481. The van der Waals surface area contributed by atoms with Crippen LogP contribution in [-0.4, -0.2) is 47.7 Å². The number of pyridine rings is 1. The summed E-state index contributed by atoms with van der Waals surface area (Å²) in [6, 6.07) is 1.88. The highest BCUT2D eigenvalue weighted by Crippen LogP contribution is 2.25. The third kappa shape index (κ3) is 3.63. The minimum absolute atomic E-state index is 0.0590. The van der Waals surface area contributed by atoms with Gasteiger partial charge in [0.05, 0.1) is 10.6 Å². The van der Waals surface area contributed by atoms with Gasteiger partial charge in [-0.1, -0.05) is 23.8 Å². The Labute approximate surface area is 124 Å². The number of nitrogens with one attached hydrogen (secondary N) is 1. The number of rotatable bonds is 3. The zero-order valence-electron chi connectivity index (χ0n) is 11.3. The van der Waals surface area contributed by atoms with Crippen LogP contribution in [-0.2, 0) is 0 Å². The van der Waals surface area contributed by atoms with Crippen LogP contribution in [0.1, 0.15) is 18.9 Å². The van der Waals surface area contributed by atoms with Crippen molar-refractivity contribution < 1.29 is 4.74 Å². The lowest BCUT2D eigenvalue weighted by molar-refractivity contribution is 0.137. The highest BCUT2D eigenvalue weighted by atomic mass is 35.5. The van der Waals surface area contributed by atoms with E-state index in [1.54, 1.807) is 6.20 Å². The first-order valence-electron chi connectivity index (χ1n) is 6.24. The summed E-state index contributed by atoms with van der Waals surface area (Å²) in [5.41, 5.74) is 0.815. The van der Waals surface area contributed by atoms with Crippen molar-refractivity contribution in [3.8, 4) is 5.88 Å². The van der Waals surface area contributed by atoms with Gasteiger partial charge < -0.3 is 9.64 Å². The van der Waals surface area contributed by atoms with E-state index in [1.807, 2.05) is 27.1 Å². The van der Waals surface area contributed by atoms with Crippen molar-refractivity contribution >= 4 is 28.7 Å². The molecule has 2 unspecified atom stereocenters. The van der Waals surface area contributed by atoms with E-state index >= 15 is 0 Å². The standard InChI is InChI=1S/C13H18ClN3OS/c1-8-12(19)10-6-9(14)7-15-13(10)18-11(16-8)4-5-17(2)3/h6-8,11,16H,4-5H2,1-3H3. The van der Waals surface area contributed by atoms with Gasteiger partial charge in [-0.15, -0.1) is 0 Å². The van der Waals surface area contributed by atoms with Gasteiger partial charge in [0.2, 0.25) is 5.88 Å². The largest absolute Gasteiger partial charge is 0.458 e. The number of hydrogen-bond donors (Lipinski definition) is 1. The molecule has 0 saturated carbocycles. The zero-order valence-corrected chi connectivity index (χ0v) is 12.9. The molecule has 19 heavy (non-hydrogen) atoms. The molecule has 0 aromatic carbocycles. The summed E-state index contributed by atoms with van der Waals surface area (Å²) in [7, 11) is 4.08. The number of ether oxygens (including phenoxy) is 1. The molecule has 0 aliphatic carbocycles. The van der Waals surface area contributed by atoms with Gasteiger partial charge in [-0.05, 0) is 27.1 Å². The smallest absolute Gasteiger partial charge is 0.223 e. The molecule has 2 atom stereocenters.